The van der Waals surface area contributed by atoms with Gasteiger partial charge in [-0.25, -0.2) is 9.59 Å². The highest BCUT2D eigenvalue weighted by molar-refractivity contribution is 5.94. The Balaban J connectivity index is 1.17. The predicted octanol–water partition coefficient (Wildman–Crippen LogP) is 4.98. The maximum absolute atomic E-state index is 13.3. The molecule has 0 fully saturated rings. The molecule has 0 spiro atoms. The summed E-state index contributed by atoms with van der Waals surface area (Å²) in [5.74, 6) is -1.35. The standard InChI is InChI=1S/C35H34N8O12/c1-4-50-33-36-27-14-13-23(15-28(27)41(33)18-21-9-11-22(12-10-21)25-7-5-6-8-26(25)31-37-39-40-38-31)32(44)51-20-30-29(53-34(45)54-30)17-35(2,3)16-24(55-43(48)49)19-52-42(46)47/h5-15,24H,4,16-20H2,1-3H3,(H,37,38,39,40). The molecule has 1 N–H and O–H groups in total. The Morgan fingerprint density at radius 1 is 1.00 bits per heavy atom. The molecule has 0 saturated heterocycles. The summed E-state index contributed by atoms with van der Waals surface area (Å²) >= 11 is 0. The number of hydrogen-bond donors (Lipinski definition) is 1. The third-order valence-corrected chi connectivity index (χ3v) is 8.42. The quantitative estimate of drug-likeness (QED) is 0.0689. The van der Waals surface area contributed by atoms with E-state index in [9.17, 15) is 29.8 Å². The monoisotopic (exact) mass is 758 g/mol. The molecule has 55 heavy (non-hydrogen) atoms. The summed E-state index contributed by atoms with van der Waals surface area (Å²) in [4.78, 5) is 60.4. The first kappa shape index (κ1) is 37.6. The number of nitrogens with one attached hydrogen (secondary N) is 1. The number of tetrazole rings is 1. The van der Waals surface area contributed by atoms with Crippen molar-refractivity contribution < 1.29 is 43.0 Å². The van der Waals surface area contributed by atoms with Crippen LogP contribution in [0.15, 0.2) is 80.4 Å². The molecule has 0 aliphatic rings. The second-order valence-electron chi connectivity index (χ2n) is 13.0. The summed E-state index contributed by atoms with van der Waals surface area (Å²) in [5.41, 5.74) is 4.13. The van der Waals surface area contributed by atoms with E-state index >= 15 is 0 Å². The number of ether oxygens (including phenoxy) is 2. The molecule has 0 amide bonds. The molecule has 6 aromatic rings. The molecule has 20 heteroatoms. The first-order valence-corrected chi connectivity index (χ1v) is 16.8. The Kier molecular flexibility index (Phi) is 11.1. The van der Waals surface area contributed by atoms with Crippen LogP contribution in [0.3, 0.4) is 0 Å². The summed E-state index contributed by atoms with van der Waals surface area (Å²) < 4.78 is 23.6. The minimum absolute atomic E-state index is 0.0250. The highest BCUT2D eigenvalue weighted by Gasteiger charge is 2.31. The van der Waals surface area contributed by atoms with Gasteiger partial charge in [0.2, 0.25) is 5.82 Å². The first-order valence-electron chi connectivity index (χ1n) is 16.8. The molecule has 3 heterocycles. The minimum atomic E-state index is -1.30. The topological polar surface area (TPSA) is 256 Å². The fraction of sp³-hybridized carbons (Fsp3) is 0.314. The van der Waals surface area contributed by atoms with Gasteiger partial charge in [0.15, 0.2) is 18.1 Å². The van der Waals surface area contributed by atoms with E-state index in [1.165, 1.54) is 0 Å². The average Bonchev–Trinajstić information content (AvgIpc) is 3.89. The molecule has 0 aliphatic heterocycles. The summed E-state index contributed by atoms with van der Waals surface area (Å²) in [5, 5.41) is 33.8. The van der Waals surface area contributed by atoms with Crippen LogP contribution >= 0.6 is 0 Å². The van der Waals surface area contributed by atoms with E-state index in [2.05, 4.69) is 35.3 Å². The van der Waals surface area contributed by atoms with E-state index in [0.29, 0.717) is 36.0 Å². The molecule has 1 unspecified atom stereocenters. The number of aromatic nitrogens is 6. The van der Waals surface area contributed by atoms with Crippen molar-refractivity contribution in [1.29, 1.82) is 0 Å². The fourth-order valence-corrected chi connectivity index (χ4v) is 6.11. The van der Waals surface area contributed by atoms with Crippen molar-refractivity contribution >= 4 is 17.0 Å². The Morgan fingerprint density at radius 3 is 2.44 bits per heavy atom. The molecule has 0 radical (unpaired) electrons. The van der Waals surface area contributed by atoms with Gasteiger partial charge in [-0.3, -0.25) is 4.57 Å². The van der Waals surface area contributed by atoms with Crippen molar-refractivity contribution in [3.8, 4) is 28.5 Å². The van der Waals surface area contributed by atoms with Gasteiger partial charge in [0.25, 0.3) is 16.2 Å². The molecule has 0 bridgehead atoms. The molecule has 20 nitrogen and oxygen atoms in total. The van der Waals surface area contributed by atoms with Gasteiger partial charge in [-0.05, 0) is 58.9 Å². The Bertz CT molecular complexity index is 2350. The van der Waals surface area contributed by atoms with E-state index in [0.717, 1.165) is 22.3 Å². The second kappa shape index (κ2) is 16.3. The second-order valence-corrected chi connectivity index (χ2v) is 13.0. The normalized spacial score (nSPS) is 12.0. The van der Waals surface area contributed by atoms with Gasteiger partial charge >= 0.3 is 11.8 Å². The number of hydrogen-bond acceptors (Lipinski definition) is 16. The summed E-state index contributed by atoms with van der Waals surface area (Å²) in [6.07, 6.45) is -1.43. The lowest BCUT2D eigenvalue weighted by Gasteiger charge is -2.27. The third kappa shape index (κ3) is 9.28. The van der Waals surface area contributed by atoms with Gasteiger partial charge in [-0.2, -0.15) is 10.2 Å². The Labute approximate surface area is 310 Å². The van der Waals surface area contributed by atoms with Crippen LogP contribution in [-0.2, 0) is 34.0 Å². The van der Waals surface area contributed by atoms with Gasteiger partial charge in [-0.1, -0.05) is 62.4 Å². The highest BCUT2D eigenvalue weighted by atomic mass is 17.0. The number of rotatable bonds is 18. The number of esters is 1. The number of carbonyl (C=O) groups excluding carboxylic acids is 1. The smallest absolute Gasteiger partial charge is 0.465 e. The largest absolute Gasteiger partial charge is 0.519 e. The summed E-state index contributed by atoms with van der Waals surface area (Å²) in [7, 11) is 0. The zero-order valence-corrected chi connectivity index (χ0v) is 29.7. The van der Waals surface area contributed by atoms with Gasteiger partial charge in [0, 0.05) is 12.0 Å². The van der Waals surface area contributed by atoms with Crippen molar-refractivity contribution in [2.24, 2.45) is 5.41 Å². The SMILES string of the molecule is CCOc1nc2ccc(C(=O)OCc3oc(=O)oc3CC(C)(C)CC(CO[N+](=O)[O-])O[N+](=O)[O-])cc2n1Cc1ccc(-c2ccccc2-c2nn[nH]n2)cc1. The molecule has 6 rings (SSSR count). The number of fused-ring (bicyclic) bond motifs is 1. The zero-order chi connectivity index (χ0) is 39.1. The van der Waals surface area contributed by atoms with Gasteiger partial charge in [0.1, 0.15) is 12.7 Å². The molecule has 3 aromatic carbocycles. The molecule has 0 saturated carbocycles. The van der Waals surface area contributed by atoms with E-state index < -0.39 is 46.7 Å². The Hall–Kier alpha value is -7.12. The molecule has 1 atom stereocenters. The number of H-pyrrole nitrogens is 1. The fourth-order valence-electron chi connectivity index (χ4n) is 6.11. The maximum atomic E-state index is 13.3. The highest BCUT2D eigenvalue weighted by Crippen LogP contribution is 2.32. The minimum Gasteiger partial charge on any atom is -0.465 e. The average molecular weight is 759 g/mol. The van der Waals surface area contributed by atoms with Crippen LogP contribution in [0.4, 0.5) is 0 Å². The van der Waals surface area contributed by atoms with Crippen LogP contribution in [0.2, 0.25) is 0 Å². The molecular weight excluding hydrogens is 724 g/mol. The molecule has 0 aliphatic carbocycles. The van der Waals surface area contributed by atoms with E-state index in [1.54, 1.807) is 32.0 Å². The number of carbonyl (C=O) groups is 1. The number of nitrogens with zero attached hydrogens (tertiary/aromatic N) is 7. The summed E-state index contributed by atoms with van der Waals surface area (Å²) in [6, 6.07) is 20.9. The van der Waals surface area contributed by atoms with Crippen molar-refractivity contribution in [3.63, 3.8) is 0 Å². The lowest BCUT2D eigenvalue weighted by molar-refractivity contribution is -0.790. The van der Waals surface area contributed by atoms with Gasteiger partial charge in [0.05, 0.1) is 29.7 Å². The third-order valence-electron chi connectivity index (χ3n) is 8.42. The number of aromatic amines is 1. The number of benzene rings is 3. The predicted molar refractivity (Wildman–Crippen MR) is 188 cm³/mol. The molecule has 3 aromatic heterocycles. The lowest BCUT2D eigenvalue weighted by Crippen LogP contribution is -2.31. The number of imidazole rings is 1. The van der Waals surface area contributed by atoms with E-state index in [4.69, 9.17) is 18.3 Å². The Morgan fingerprint density at radius 2 is 1.75 bits per heavy atom. The van der Waals surface area contributed by atoms with Crippen molar-refractivity contribution in [2.75, 3.05) is 13.2 Å². The van der Waals surface area contributed by atoms with Crippen molar-refractivity contribution in [2.45, 2.75) is 52.9 Å². The van der Waals surface area contributed by atoms with Crippen LogP contribution in [0.5, 0.6) is 6.01 Å². The van der Waals surface area contributed by atoms with E-state index in [1.807, 2.05) is 60.0 Å². The van der Waals surface area contributed by atoms with Crippen LogP contribution < -0.4 is 10.6 Å². The summed E-state index contributed by atoms with van der Waals surface area (Å²) in [6.45, 7) is 4.72. The molecular formula is C35H34N8O12. The lowest BCUT2D eigenvalue weighted by atomic mass is 9.82. The van der Waals surface area contributed by atoms with E-state index in [-0.39, 0.29) is 29.9 Å². The van der Waals surface area contributed by atoms with Crippen LogP contribution in [0, 0.1) is 25.6 Å². The first-order chi connectivity index (χ1) is 26.4. The zero-order valence-electron chi connectivity index (χ0n) is 29.7. The maximum Gasteiger partial charge on any atom is 0.519 e. The van der Waals surface area contributed by atoms with Gasteiger partial charge < -0.3 is 28.0 Å². The van der Waals surface area contributed by atoms with Crippen LogP contribution in [0.25, 0.3) is 33.5 Å². The van der Waals surface area contributed by atoms with Crippen LogP contribution in [-0.4, -0.2) is 65.6 Å². The molecule has 286 valence electrons. The van der Waals surface area contributed by atoms with Crippen molar-refractivity contribution in [1.82, 2.24) is 30.2 Å². The van der Waals surface area contributed by atoms with Crippen molar-refractivity contribution in [3.05, 3.63) is 120 Å². The van der Waals surface area contributed by atoms with Crippen LogP contribution in [0.1, 0.15) is 54.6 Å². The van der Waals surface area contributed by atoms with Gasteiger partial charge in [-0.15, -0.1) is 30.4 Å².